The van der Waals surface area contributed by atoms with Crippen LogP contribution in [-0.4, -0.2) is 16.4 Å². The van der Waals surface area contributed by atoms with Crippen molar-refractivity contribution in [3.8, 4) is 0 Å². The lowest BCUT2D eigenvalue weighted by molar-refractivity contribution is -0.116. The summed E-state index contributed by atoms with van der Waals surface area (Å²) < 4.78 is 0.960. The molecule has 2 aromatic rings. The lowest BCUT2D eigenvalue weighted by Crippen LogP contribution is -2.33. The Hall–Kier alpha value is -1.17. The Morgan fingerprint density at radius 1 is 1.53 bits per heavy atom. The van der Waals surface area contributed by atoms with E-state index >= 15 is 0 Å². The van der Waals surface area contributed by atoms with E-state index in [-0.39, 0.29) is 11.4 Å². The predicted molar refractivity (Wildman–Crippen MR) is 80.8 cm³/mol. The number of hydrogen-bond acceptors (Lipinski definition) is 4. The summed E-state index contributed by atoms with van der Waals surface area (Å²) in [6, 6.07) is 5.46. The molecule has 0 saturated heterocycles. The standard InChI is InChI=1S/C13H16ClN3OS/c1-13(2,15)6-5-11(18)17-12-16-9-4-3-8(14)7-10(9)19-12/h3-4,7H,5-6,15H2,1-2H3,(H,16,17,18). The second kappa shape index (κ2) is 5.45. The minimum atomic E-state index is -0.335. The van der Waals surface area contributed by atoms with Crippen molar-refractivity contribution in [2.24, 2.45) is 5.73 Å². The van der Waals surface area contributed by atoms with Crippen molar-refractivity contribution >= 4 is 44.2 Å². The van der Waals surface area contributed by atoms with E-state index in [1.54, 1.807) is 6.07 Å². The Kier molecular flexibility index (Phi) is 4.08. The minimum absolute atomic E-state index is 0.0660. The maximum absolute atomic E-state index is 11.8. The van der Waals surface area contributed by atoms with Gasteiger partial charge in [-0.2, -0.15) is 0 Å². The minimum Gasteiger partial charge on any atom is -0.326 e. The maximum Gasteiger partial charge on any atom is 0.226 e. The fourth-order valence-electron chi connectivity index (χ4n) is 1.57. The summed E-state index contributed by atoms with van der Waals surface area (Å²) >= 11 is 7.33. The third-order valence-corrected chi connectivity index (χ3v) is 3.76. The number of anilines is 1. The molecule has 102 valence electrons. The van der Waals surface area contributed by atoms with Gasteiger partial charge in [0.15, 0.2) is 5.13 Å². The molecule has 1 aromatic carbocycles. The molecule has 1 heterocycles. The molecular formula is C13H16ClN3OS. The number of amides is 1. The fourth-order valence-corrected chi connectivity index (χ4v) is 2.73. The summed E-state index contributed by atoms with van der Waals surface area (Å²) in [7, 11) is 0. The van der Waals surface area contributed by atoms with Gasteiger partial charge in [-0.25, -0.2) is 4.98 Å². The highest BCUT2D eigenvalue weighted by Gasteiger charge is 2.14. The first kappa shape index (κ1) is 14.2. The predicted octanol–water partition coefficient (Wildman–Crippen LogP) is 3.41. The topological polar surface area (TPSA) is 68.0 Å². The number of fused-ring (bicyclic) bond motifs is 1. The van der Waals surface area contributed by atoms with E-state index in [1.807, 2.05) is 26.0 Å². The highest BCUT2D eigenvalue weighted by Crippen LogP contribution is 2.28. The van der Waals surface area contributed by atoms with Gasteiger partial charge in [-0.3, -0.25) is 4.79 Å². The van der Waals surface area contributed by atoms with Crippen LogP contribution in [0, 0.1) is 0 Å². The fraction of sp³-hybridized carbons (Fsp3) is 0.385. The second-order valence-corrected chi connectivity index (χ2v) is 6.63. The van der Waals surface area contributed by atoms with Crippen LogP contribution < -0.4 is 11.1 Å². The average Bonchev–Trinajstić information content (AvgIpc) is 2.66. The summed E-state index contributed by atoms with van der Waals surface area (Å²) in [6.07, 6.45) is 1.02. The summed E-state index contributed by atoms with van der Waals surface area (Å²) in [4.78, 5) is 16.1. The zero-order valence-electron chi connectivity index (χ0n) is 10.9. The maximum atomic E-state index is 11.8. The Labute approximate surface area is 121 Å². The van der Waals surface area contributed by atoms with Gasteiger partial charge < -0.3 is 11.1 Å². The number of benzene rings is 1. The van der Waals surface area contributed by atoms with E-state index in [9.17, 15) is 4.79 Å². The van der Waals surface area contributed by atoms with Crippen LogP contribution in [0.1, 0.15) is 26.7 Å². The van der Waals surface area contributed by atoms with Crippen LogP contribution in [-0.2, 0) is 4.79 Å². The molecule has 0 atom stereocenters. The quantitative estimate of drug-likeness (QED) is 0.909. The molecular weight excluding hydrogens is 282 g/mol. The summed E-state index contributed by atoms with van der Waals surface area (Å²) in [5, 5.41) is 4.05. The molecule has 4 nitrogen and oxygen atoms in total. The Morgan fingerprint density at radius 3 is 2.95 bits per heavy atom. The van der Waals surface area contributed by atoms with Crippen molar-refractivity contribution in [2.45, 2.75) is 32.2 Å². The van der Waals surface area contributed by atoms with Gasteiger partial charge in [-0.1, -0.05) is 22.9 Å². The summed E-state index contributed by atoms with van der Waals surface area (Å²) in [5.74, 6) is -0.0660. The van der Waals surface area contributed by atoms with Gasteiger partial charge in [0.2, 0.25) is 5.91 Å². The monoisotopic (exact) mass is 297 g/mol. The molecule has 0 spiro atoms. The molecule has 0 fully saturated rings. The molecule has 0 bridgehead atoms. The van der Waals surface area contributed by atoms with Crippen LogP contribution in [0.25, 0.3) is 10.2 Å². The molecule has 1 aromatic heterocycles. The van der Waals surface area contributed by atoms with Crippen LogP contribution >= 0.6 is 22.9 Å². The summed E-state index contributed by atoms with van der Waals surface area (Å²) in [5.41, 5.74) is 6.35. The molecule has 0 radical (unpaired) electrons. The first-order valence-corrected chi connectivity index (χ1v) is 7.18. The van der Waals surface area contributed by atoms with Crippen molar-refractivity contribution in [1.29, 1.82) is 0 Å². The Morgan fingerprint density at radius 2 is 2.26 bits per heavy atom. The highest BCUT2D eigenvalue weighted by atomic mass is 35.5. The van der Waals surface area contributed by atoms with Crippen molar-refractivity contribution in [2.75, 3.05) is 5.32 Å². The van der Waals surface area contributed by atoms with E-state index in [1.165, 1.54) is 11.3 Å². The van der Waals surface area contributed by atoms with Gasteiger partial charge in [-0.15, -0.1) is 0 Å². The van der Waals surface area contributed by atoms with Gasteiger partial charge in [0.25, 0.3) is 0 Å². The van der Waals surface area contributed by atoms with Crippen LogP contribution in [0.2, 0.25) is 5.02 Å². The van der Waals surface area contributed by atoms with Crippen LogP contribution in [0.4, 0.5) is 5.13 Å². The zero-order valence-corrected chi connectivity index (χ0v) is 12.4. The Balaban J connectivity index is 2.03. The number of nitrogens with one attached hydrogen (secondary N) is 1. The molecule has 2 rings (SSSR count). The van der Waals surface area contributed by atoms with Crippen LogP contribution in [0.5, 0.6) is 0 Å². The van der Waals surface area contributed by atoms with Crippen molar-refractivity contribution in [3.05, 3.63) is 23.2 Å². The van der Waals surface area contributed by atoms with Crippen LogP contribution in [0.3, 0.4) is 0 Å². The molecule has 19 heavy (non-hydrogen) atoms. The number of halogens is 1. The van der Waals surface area contributed by atoms with Gasteiger partial charge in [0.1, 0.15) is 0 Å². The second-order valence-electron chi connectivity index (χ2n) is 5.17. The van der Waals surface area contributed by atoms with Crippen LogP contribution in [0.15, 0.2) is 18.2 Å². The molecule has 3 N–H and O–H groups in total. The van der Waals surface area contributed by atoms with E-state index < -0.39 is 0 Å². The zero-order chi connectivity index (χ0) is 14.0. The molecule has 0 saturated carbocycles. The lowest BCUT2D eigenvalue weighted by Gasteiger charge is -2.17. The average molecular weight is 298 g/mol. The number of thiazole rings is 1. The first-order valence-electron chi connectivity index (χ1n) is 5.98. The number of rotatable bonds is 4. The molecule has 0 unspecified atom stereocenters. The molecule has 0 aliphatic carbocycles. The molecule has 0 aliphatic rings. The number of hydrogen-bond donors (Lipinski definition) is 2. The number of carbonyl (C=O) groups excluding carboxylic acids is 1. The smallest absolute Gasteiger partial charge is 0.226 e. The number of nitrogens with zero attached hydrogens (tertiary/aromatic N) is 1. The van der Waals surface area contributed by atoms with Crippen molar-refractivity contribution < 1.29 is 4.79 Å². The van der Waals surface area contributed by atoms with Gasteiger partial charge in [0, 0.05) is 17.0 Å². The van der Waals surface area contributed by atoms with E-state index in [4.69, 9.17) is 17.3 Å². The third-order valence-electron chi connectivity index (χ3n) is 2.59. The number of nitrogens with two attached hydrogens (primary N) is 1. The van der Waals surface area contributed by atoms with Gasteiger partial charge in [0.05, 0.1) is 10.2 Å². The van der Waals surface area contributed by atoms with E-state index in [0.29, 0.717) is 23.0 Å². The first-order chi connectivity index (χ1) is 8.83. The molecule has 1 amide bonds. The summed E-state index contributed by atoms with van der Waals surface area (Å²) in [6.45, 7) is 3.81. The number of carbonyl (C=O) groups is 1. The normalized spacial score (nSPS) is 11.8. The van der Waals surface area contributed by atoms with Crippen molar-refractivity contribution in [3.63, 3.8) is 0 Å². The molecule has 0 aliphatic heterocycles. The largest absolute Gasteiger partial charge is 0.326 e. The number of aromatic nitrogens is 1. The van der Waals surface area contributed by atoms with Gasteiger partial charge >= 0.3 is 0 Å². The van der Waals surface area contributed by atoms with Gasteiger partial charge in [-0.05, 0) is 38.5 Å². The van der Waals surface area contributed by atoms with Crippen molar-refractivity contribution in [1.82, 2.24) is 4.98 Å². The molecule has 6 heteroatoms. The Bertz CT molecular complexity index is 603. The lowest BCUT2D eigenvalue weighted by atomic mass is 10.00. The van der Waals surface area contributed by atoms with E-state index in [2.05, 4.69) is 10.3 Å². The SMILES string of the molecule is CC(C)(N)CCC(=O)Nc1nc2ccc(Cl)cc2s1. The highest BCUT2D eigenvalue weighted by molar-refractivity contribution is 7.22. The third kappa shape index (κ3) is 4.16. The van der Waals surface area contributed by atoms with E-state index in [0.717, 1.165) is 10.2 Å².